The quantitative estimate of drug-likeness (QED) is 0.442. The van der Waals surface area contributed by atoms with Crippen LogP contribution in [0, 0.1) is 11.6 Å². The molecule has 0 fully saturated rings. The summed E-state index contributed by atoms with van der Waals surface area (Å²) in [6.07, 6.45) is 6.72. The smallest absolute Gasteiger partial charge is 0.243 e. The number of benzene rings is 2. The van der Waals surface area contributed by atoms with E-state index < -0.39 is 11.7 Å². The number of nitrogens with zero attached hydrogens (tertiary/aromatic N) is 2. The molecule has 1 amide bonds. The molecule has 0 saturated carbocycles. The maximum absolute atomic E-state index is 14.4. The third-order valence-corrected chi connectivity index (χ3v) is 4.39. The molecule has 8 heteroatoms. The van der Waals surface area contributed by atoms with Gasteiger partial charge in [0.2, 0.25) is 5.91 Å². The summed E-state index contributed by atoms with van der Waals surface area (Å²) in [6.45, 7) is -0.0236. The molecule has 0 spiro atoms. The molecule has 4 rings (SSSR count). The third-order valence-electron chi connectivity index (χ3n) is 4.39. The number of amides is 1. The zero-order valence-electron chi connectivity index (χ0n) is 15.7. The molecule has 30 heavy (non-hydrogen) atoms. The van der Waals surface area contributed by atoms with Crippen molar-refractivity contribution >= 4 is 40.3 Å². The topological polar surface area (TPSA) is 82.7 Å². The van der Waals surface area contributed by atoms with Gasteiger partial charge in [0, 0.05) is 29.5 Å². The van der Waals surface area contributed by atoms with E-state index in [0.29, 0.717) is 16.6 Å². The Morgan fingerprint density at radius 2 is 1.80 bits per heavy atom. The summed E-state index contributed by atoms with van der Waals surface area (Å²) in [5.74, 6) is -1.28. The number of nitrogens with one attached hydrogen (secondary N) is 3. The summed E-state index contributed by atoms with van der Waals surface area (Å²) in [5.41, 5.74) is 2.66. The molecular formula is C22H17F2N5O. The van der Waals surface area contributed by atoms with Crippen LogP contribution in [0.1, 0.15) is 11.3 Å². The Bertz CT molecular complexity index is 1200. The highest BCUT2D eigenvalue weighted by Crippen LogP contribution is 2.25. The molecule has 3 N–H and O–H groups in total. The van der Waals surface area contributed by atoms with E-state index in [-0.39, 0.29) is 18.0 Å². The summed E-state index contributed by atoms with van der Waals surface area (Å²) in [5, 5.41) is 13.1. The molecule has 0 unspecified atom stereocenters. The molecular weight excluding hydrogens is 388 g/mol. The Kier molecular flexibility index (Phi) is 5.47. The van der Waals surface area contributed by atoms with E-state index >= 15 is 0 Å². The number of anilines is 2. The predicted octanol–water partition coefficient (Wildman–Crippen LogP) is 4.46. The summed E-state index contributed by atoms with van der Waals surface area (Å²) in [4.78, 5) is 16.1. The van der Waals surface area contributed by atoms with Crippen molar-refractivity contribution in [3.05, 3.63) is 83.8 Å². The van der Waals surface area contributed by atoms with Gasteiger partial charge in [-0.2, -0.15) is 5.10 Å². The van der Waals surface area contributed by atoms with Crippen molar-refractivity contribution in [2.24, 2.45) is 0 Å². The van der Waals surface area contributed by atoms with Gasteiger partial charge in [-0.1, -0.05) is 18.2 Å². The Hall–Kier alpha value is -4.07. The molecule has 0 aliphatic rings. The van der Waals surface area contributed by atoms with Crippen LogP contribution in [0.2, 0.25) is 0 Å². The van der Waals surface area contributed by atoms with Crippen molar-refractivity contribution in [1.82, 2.24) is 15.2 Å². The van der Waals surface area contributed by atoms with E-state index in [4.69, 9.17) is 0 Å². The lowest BCUT2D eigenvalue weighted by molar-refractivity contribution is -0.114. The Morgan fingerprint density at radius 1 is 1.03 bits per heavy atom. The molecule has 4 aromatic rings. The lowest BCUT2D eigenvalue weighted by Gasteiger charge is -2.08. The van der Waals surface area contributed by atoms with Gasteiger partial charge in [-0.05, 0) is 42.0 Å². The monoisotopic (exact) mass is 405 g/mol. The minimum atomic E-state index is -0.572. The van der Waals surface area contributed by atoms with Crippen LogP contribution in [0.15, 0.2) is 60.9 Å². The first-order valence-electron chi connectivity index (χ1n) is 9.13. The van der Waals surface area contributed by atoms with Gasteiger partial charge in [0.1, 0.15) is 11.6 Å². The minimum Gasteiger partial charge on any atom is -0.376 e. The van der Waals surface area contributed by atoms with E-state index in [1.54, 1.807) is 48.8 Å². The SMILES string of the molecule is O=C(CNc1ccncc1)Nc1cc2c(/C=C/c3ccc(F)cc3)n[nH]c2cc1F. The number of fused-ring (bicyclic) bond motifs is 1. The van der Waals surface area contributed by atoms with Crippen molar-refractivity contribution in [3.8, 4) is 0 Å². The van der Waals surface area contributed by atoms with Gasteiger partial charge in [-0.3, -0.25) is 14.9 Å². The number of carbonyl (C=O) groups excluding carboxylic acids is 1. The summed E-state index contributed by atoms with van der Waals surface area (Å²) >= 11 is 0. The average Bonchev–Trinajstić information content (AvgIpc) is 3.14. The number of hydrogen-bond donors (Lipinski definition) is 3. The van der Waals surface area contributed by atoms with Crippen molar-refractivity contribution < 1.29 is 13.6 Å². The number of carbonyl (C=O) groups is 1. The average molecular weight is 405 g/mol. The molecule has 0 radical (unpaired) electrons. The molecule has 2 heterocycles. The van der Waals surface area contributed by atoms with Crippen molar-refractivity contribution in [2.75, 3.05) is 17.2 Å². The van der Waals surface area contributed by atoms with E-state index in [1.165, 1.54) is 24.3 Å². The van der Waals surface area contributed by atoms with Crippen LogP contribution in [0.25, 0.3) is 23.1 Å². The Morgan fingerprint density at radius 3 is 2.57 bits per heavy atom. The van der Waals surface area contributed by atoms with E-state index in [1.807, 2.05) is 0 Å². The maximum Gasteiger partial charge on any atom is 0.243 e. The standard InChI is InChI=1S/C22H17F2N5O/c23-15-4-1-14(2-5-15)3-6-19-17-11-21(18(24)12-20(17)29-28-19)27-22(30)13-26-16-7-9-25-10-8-16/h1-12H,13H2,(H,25,26)(H,27,30)(H,28,29)/b6-3+. The van der Waals surface area contributed by atoms with Gasteiger partial charge >= 0.3 is 0 Å². The first-order chi connectivity index (χ1) is 14.6. The van der Waals surface area contributed by atoms with Gasteiger partial charge in [-0.25, -0.2) is 8.78 Å². The van der Waals surface area contributed by atoms with Gasteiger partial charge in [-0.15, -0.1) is 0 Å². The second kappa shape index (κ2) is 8.52. The number of halogens is 2. The van der Waals surface area contributed by atoms with Crippen LogP contribution in [-0.2, 0) is 4.79 Å². The van der Waals surface area contributed by atoms with E-state index in [2.05, 4.69) is 25.8 Å². The molecule has 2 aromatic heterocycles. The number of H-pyrrole nitrogens is 1. The highest BCUT2D eigenvalue weighted by Gasteiger charge is 2.12. The number of hydrogen-bond acceptors (Lipinski definition) is 4. The maximum atomic E-state index is 14.4. The second-order valence-corrected chi connectivity index (χ2v) is 6.51. The van der Waals surface area contributed by atoms with Crippen LogP contribution >= 0.6 is 0 Å². The minimum absolute atomic E-state index is 0.0236. The second-order valence-electron chi connectivity index (χ2n) is 6.51. The van der Waals surface area contributed by atoms with E-state index in [9.17, 15) is 13.6 Å². The molecule has 0 aliphatic heterocycles. The largest absolute Gasteiger partial charge is 0.376 e. The predicted molar refractivity (Wildman–Crippen MR) is 113 cm³/mol. The zero-order valence-corrected chi connectivity index (χ0v) is 15.7. The normalized spacial score (nSPS) is 11.1. The summed E-state index contributed by atoms with van der Waals surface area (Å²) < 4.78 is 27.4. The highest BCUT2D eigenvalue weighted by atomic mass is 19.1. The van der Waals surface area contributed by atoms with Gasteiger partial charge < -0.3 is 10.6 Å². The molecule has 150 valence electrons. The van der Waals surface area contributed by atoms with E-state index in [0.717, 1.165) is 11.3 Å². The van der Waals surface area contributed by atoms with Crippen LogP contribution in [0.3, 0.4) is 0 Å². The fourth-order valence-corrected chi connectivity index (χ4v) is 2.88. The first kappa shape index (κ1) is 19.3. The lowest BCUT2D eigenvalue weighted by Crippen LogP contribution is -2.22. The number of aromatic amines is 1. The van der Waals surface area contributed by atoms with Crippen LogP contribution in [0.4, 0.5) is 20.2 Å². The zero-order chi connectivity index (χ0) is 20.9. The van der Waals surface area contributed by atoms with Gasteiger partial charge in [0.15, 0.2) is 0 Å². The molecule has 6 nitrogen and oxygen atoms in total. The Labute approximate surface area is 170 Å². The van der Waals surface area contributed by atoms with Crippen LogP contribution in [0.5, 0.6) is 0 Å². The summed E-state index contributed by atoms with van der Waals surface area (Å²) in [6, 6.07) is 12.3. The van der Waals surface area contributed by atoms with Crippen LogP contribution in [-0.4, -0.2) is 27.6 Å². The van der Waals surface area contributed by atoms with Gasteiger partial charge in [0.25, 0.3) is 0 Å². The fourth-order valence-electron chi connectivity index (χ4n) is 2.88. The Balaban J connectivity index is 1.51. The first-order valence-corrected chi connectivity index (χ1v) is 9.13. The lowest BCUT2D eigenvalue weighted by atomic mass is 10.1. The van der Waals surface area contributed by atoms with Crippen molar-refractivity contribution in [1.29, 1.82) is 0 Å². The van der Waals surface area contributed by atoms with Crippen LogP contribution < -0.4 is 10.6 Å². The van der Waals surface area contributed by atoms with Gasteiger partial charge in [0.05, 0.1) is 23.4 Å². The molecule has 0 saturated heterocycles. The number of pyridine rings is 1. The number of aromatic nitrogens is 3. The number of rotatable bonds is 6. The fraction of sp³-hybridized carbons (Fsp3) is 0.0455. The molecule has 0 bridgehead atoms. The highest BCUT2D eigenvalue weighted by molar-refractivity contribution is 5.98. The molecule has 0 aliphatic carbocycles. The molecule has 2 aromatic carbocycles. The summed E-state index contributed by atoms with van der Waals surface area (Å²) in [7, 11) is 0. The van der Waals surface area contributed by atoms with Crippen molar-refractivity contribution in [3.63, 3.8) is 0 Å². The third kappa shape index (κ3) is 4.49. The van der Waals surface area contributed by atoms with Crippen molar-refractivity contribution in [2.45, 2.75) is 0 Å². The molecule has 0 atom stereocenters.